The molecule has 1 aromatic rings. The lowest BCUT2D eigenvalue weighted by Gasteiger charge is -2.06. The van der Waals surface area contributed by atoms with E-state index in [1.807, 2.05) is 0 Å². The van der Waals surface area contributed by atoms with Gasteiger partial charge < -0.3 is 10.8 Å². The number of benzene rings is 1. The van der Waals surface area contributed by atoms with Crippen molar-refractivity contribution in [3.8, 4) is 0 Å². The summed E-state index contributed by atoms with van der Waals surface area (Å²) in [5, 5.41) is 8.42. The highest BCUT2D eigenvalue weighted by Crippen LogP contribution is 2.06. The molecule has 0 aliphatic rings. The molecule has 0 aliphatic carbocycles. The van der Waals surface area contributed by atoms with Crippen LogP contribution in [-0.4, -0.2) is 25.2 Å². The summed E-state index contributed by atoms with van der Waals surface area (Å²) in [6.07, 6.45) is -0.0548. The highest BCUT2D eigenvalue weighted by molar-refractivity contribution is 7.89. The first-order chi connectivity index (χ1) is 8.39. The fourth-order valence-electron chi connectivity index (χ4n) is 1.38. The fraction of sp³-hybridized carbons (Fsp3) is 0.364. The molecule has 0 amide bonds. The number of sulfonamides is 1. The van der Waals surface area contributed by atoms with Crippen molar-refractivity contribution in [1.29, 1.82) is 0 Å². The summed E-state index contributed by atoms with van der Waals surface area (Å²) in [5.41, 5.74) is 6.90. The van der Waals surface area contributed by atoms with Crippen molar-refractivity contribution in [2.45, 2.75) is 19.4 Å². The van der Waals surface area contributed by atoms with E-state index in [2.05, 4.69) is 4.72 Å². The number of hydrogen-bond donors (Lipinski definition) is 3. The predicted molar refractivity (Wildman–Crippen MR) is 68.4 cm³/mol. The van der Waals surface area contributed by atoms with Crippen LogP contribution < -0.4 is 10.5 Å². The average Bonchev–Trinajstić information content (AvgIpc) is 2.26. The molecule has 6 nitrogen and oxygen atoms in total. The topological polar surface area (TPSA) is 109 Å². The molecule has 0 unspecified atom stereocenters. The van der Waals surface area contributed by atoms with E-state index in [1.165, 1.54) is 0 Å². The van der Waals surface area contributed by atoms with Crippen LogP contribution in [-0.2, 0) is 21.4 Å². The van der Waals surface area contributed by atoms with E-state index in [0.717, 1.165) is 5.56 Å². The minimum Gasteiger partial charge on any atom is -0.481 e. The summed E-state index contributed by atoms with van der Waals surface area (Å²) >= 11 is 0. The van der Waals surface area contributed by atoms with Crippen molar-refractivity contribution in [1.82, 2.24) is 4.72 Å². The van der Waals surface area contributed by atoms with Gasteiger partial charge >= 0.3 is 5.97 Å². The summed E-state index contributed by atoms with van der Waals surface area (Å²) < 4.78 is 25.5. The van der Waals surface area contributed by atoms with Crippen LogP contribution in [0.1, 0.15) is 18.4 Å². The molecule has 100 valence electrons. The lowest BCUT2D eigenvalue weighted by Crippen LogP contribution is -2.26. The van der Waals surface area contributed by atoms with Crippen molar-refractivity contribution < 1.29 is 18.3 Å². The Hall–Kier alpha value is -1.60. The maximum atomic E-state index is 11.5. The number of carboxylic acids is 1. The first-order valence-electron chi connectivity index (χ1n) is 5.42. The zero-order valence-electron chi connectivity index (χ0n) is 9.80. The van der Waals surface area contributed by atoms with Gasteiger partial charge in [-0.25, -0.2) is 13.1 Å². The Bertz CT molecular complexity index is 514. The lowest BCUT2D eigenvalue weighted by molar-refractivity contribution is -0.137. The molecule has 7 heteroatoms. The van der Waals surface area contributed by atoms with Crippen LogP contribution in [0, 0.1) is 0 Å². The Morgan fingerprint density at radius 2 is 2.11 bits per heavy atom. The number of carbonyl (C=O) groups is 1. The van der Waals surface area contributed by atoms with Crippen LogP contribution in [0.5, 0.6) is 0 Å². The normalized spacial score (nSPS) is 11.3. The van der Waals surface area contributed by atoms with Gasteiger partial charge in [-0.3, -0.25) is 4.79 Å². The molecule has 0 spiro atoms. The molecule has 0 fully saturated rings. The molecule has 18 heavy (non-hydrogen) atoms. The van der Waals surface area contributed by atoms with Crippen molar-refractivity contribution in [3.63, 3.8) is 0 Å². The van der Waals surface area contributed by atoms with Crippen LogP contribution in [0.4, 0.5) is 5.69 Å². The van der Waals surface area contributed by atoms with E-state index < -0.39 is 16.0 Å². The van der Waals surface area contributed by atoms with Crippen LogP contribution >= 0.6 is 0 Å². The Morgan fingerprint density at radius 1 is 1.39 bits per heavy atom. The maximum absolute atomic E-state index is 11.5. The van der Waals surface area contributed by atoms with Crippen LogP contribution in [0.3, 0.4) is 0 Å². The summed E-state index contributed by atoms with van der Waals surface area (Å²) in [6, 6.07) is 6.89. The molecule has 1 rings (SSSR count). The van der Waals surface area contributed by atoms with Gasteiger partial charge in [-0.2, -0.15) is 0 Å². The minimum absolute atomic E-state index is 0.0988. The van der Waals surface area contributed by atoms with E-state index in [-0.39, 0.29) is 25.1 Å². The Morgan fingerprint density at radius 3 is 2.72 bits per heavy atom. The third-order valence-corrected chi connectivity index (χ3v) is 3.66. The molecule has 0 saturated heterocycles. The number of nitrogen functional groups attached to an aromatic ring is 1. The molecule has 0 aromatic heterocycles. The van der Waals surface area contributed by atoms with Crippen LogP contribution in [0.2, 0.25) is 0 Å². The largest absolute Gasteiger partial charge is 0.481 e. The smallest absolute Gasteiger partial charge is 0.303 e. The van der Waals surface area contributed by atoms with Crippen molar-refractivity contribution >= 4 is 21.7 Å². The monoisotopic (exact) mass is 272 g/mol. The SMILES string of the molecule is Nc1cccc(CNS(=O)(=O)CCCC(=O)O)c1. The molecule has 1 aromatic carbocycles. The Labute approximate surface area is 106 Å². The van der Waals surface area contributed by atoms with Crippen LogP contribution in [0.15, 0.2) is 24.3 Å². The number of aliphatic carboxylic acids is 1. The average molecular weight is 272 g/mol. The van der Waals surface area contributed by atoms with Crippen LogP contribution in [0.25, 0.3) is 0 Å². The molecule has 0 saturated carbocycles. The lowest BCUT2D eigenvalue weighted by atomic mass is 10.2. The second kappa shape index (κ2) is 6.36. The summed E-state index contributed by atoms with van der Waals surface area (Å²) in [6.45, 7) is 0.153. The van der Waals surface area contributed by atoms with E-state index in [9.17, 15) is 13.2 Å². The highest BCUT2D eigenvalue weighted by Gasteiger charge is 2.10. The number of anilines is 1. The molecule has 0 aliphatic heterocycles. The number of rotatable bonds is 7. The van der Waals surface area contributed by atoms with E-state index in [4.69, 9.17) is 10.8 Å². The summed E-state index contributed by atoms with van der Waals surface area (Å²) in [5.74, 6) is -1.19. The number of hydrogen-bond acceptors (Lipinski definition) is 4. The zero-order valence-corrected chi connectivity index (χ0v) is 10.6. The second-order valence-electron chi connectivity index (χ2n) is 3.88. The van der Waals surface area contributed by atoms with Crippen molar-refractivity contribution in [2.24, 2.45) is 0 Å². The van der Waals surface area contributed by atoms with Crippen molar-refractivity contribution in [2.75, 3.05) is 11.5 Å². The summed E-state index contributed by atoms with van der Waals surface area (Å²) in [4.78, 5) is 10.3. The first-order valence-corrected chi connectivity index (χ1v) is 7.08. The van der Waals surface area contributed by atoms with Gasteiger partial charge in [0.15, 0.2) is 0 Å². The van der Waals surface area contributed by atoms with Gasteiger partial charge in [0.05, 0.1) is 5.75 Å². The second-order valence-corrected chi connectivity index (χ2v) is 5.81. The van der Waals surface area contributed by atoms with E-state index >= 15 is 0 Å². The Kier molecular flexibility index (Phi) is 5.11. The van der Waals surface area contributed by atoms with Gasteiger partial charge in [-0.05, 0) is 24.1 Å². The number of nitrogens with two attached hydrogens (primary N) is 1. The summed E-state index contributed by atoms with van der Waals surface area (Å²) in [7, 11) is -3.44. The third kappa shape index (κ3) is 5.65. The Balaban J connectivity index is 2.44. The van der Waals surface area contributed by atoms with Gasteiger partial charge in [0.25, 0.3) is 0 Å². The van der Waals surface area contributed by atoms with Gasteiger partial charge in [-0.1, -0.05) is 12.1 Å². The molecular formula is C11H16N2O4S. The standard InChI is InChI=1S/C11H16N2O4S/c12-10-4-1-3-9(7-10)8-13-18(16,17)6-2-5-11(14)15/h1,3-4,7,13H,2,5-6,8,12H2,(H,14,15). The zero-order chi connectivity index (χ0) is 13.6. The predicted octanol–water partition coefficient (Wildman–Crippen LogP) is 0.553. The molecule has 0 bridgehead atoms. The molecule has 0 atom stereocenters. The maximum Gasteiger partial charge on any atom is 0.303 e. The quantitative estimate of drug-likeness (QED) is 0.628. The third-order valence-electron chi connectivity index (χ3n) is 2.25. The number of nitrogens with one attached hydrogen (secondary N) is 1. The molecule has 0 radical (unpaired) electrons. The molecule has 0 heterocycles. The number of carboxylic acid groups (broad SMARTS) is 1. The highest BCUT2D eigenvalue weighted by atomic mass is 32.2. The van der Waals surface area contributed by atoms with Gasteiger partial charge in [0.2, 0.25) is 10.0 Å². The van der Waals surface area contributed by atoms with E-state index in [0.29, 0.717) is 5.69 Å². The fourth-order valence-corrected chi connectivity index (χ4v) is 2.44. The minimum atomic E-state index is -3.44. The van der Waals surface area contributed by atoms with Gasteiger partial charge in [0.1, 0.15) is 0 Å². The van der Waals surface area contributed by atoms with Crippen molar-refractivity contribution in [3.05, 3.63) is 29.8 Å². The molecule has 4 N–H and O–H groups in total. The first kappa shape index (κ1) is 14.5. The van der Waals surface area contributed by atoms with E-state index in [1.54, 1.807) is 24.3 Å². The van der Waals surface area contributed by atoms with Gasteiger partial charge in [-0.15, -0.1) is 0 Å². The molecular weight excluding hydrogens is 256 g/mol. The van der Waals surface area contributed by atoms with Gasteiger partial charge in [0, 0.05) is 18.7 Å².